The minimum atomic E-state index is -0.488. The van der Waals surface area contributed by atoms with Crippen LogP contribution in [0.25, 0.3) is 0 Å². The lowest BCUT2D eigenvalue weighted by atomic mass is 10.1. The third-order valence-corrected chi connectivity index (χ3v) is 5.38. The molecule has 0 saturated heterocycles. The molecule has 0 aliphatic rings. The molecule has 0 aliphatic carbocycles. The summed E-state index contributed by atoms with van der Waals surface area (Å²) < 4.78 is 5.44. The van der Waals surface area contributed by atoms with E-state index in [9.17, 15) is 14.9 Å². The van der Waals surface area contributed by atoms with Gasteiger partial charge in [-0.1, -0.05) is 36.4 Å². The van der Waals surface area contributed by atoms with Crippen LogP contribution in [0.4, 0.5) is 11.4 Å². The van der Waals surface area contributed by atoms with Crippen molar-refractivity contribution in [1.82, 2.24) is 9.88 Å². The average Bonchev–Trinajstić information content (AvgIpc) is 3.37. The van der Waals surface area contributed by atoms with Crippen molar-refractivity contribution in [3.63, 3.8) is 0 Å². The summed E-state index contributed by atoms with van der Waals surface area (Å²) in [6, 6.07) is 22.9. The monoisotopic (exact) mass is 456 g/mol. The Balaban J connectivity index is 1.60. The molecule has 2 aromatic carbocycles. The number of aromatic nitrogens is 1. The normalized spacial score (nSPS) is 11.6. The van der Waals surface area contributed by atoms with E-state index in [2.05, 4.69) is 10.3 Å². The molecule has 0 radical (unpaired) electrons. The van der Waals surface area contributed by atoms with Crippen LogP contribution in [0.5, 0.6) is 0 Å². The fourth-order valence-electron chi connectivity index (χ4n) is 3.65. The van der Waals surface area contributed by atoms with Gasteiger partial charge in [0.1, 0.15) is 11.4 Å². The largest absolute Gasteiger partial charge is 0.467 e. The molecule has 2 aromatic heterocycles. The Morgan fingerprint density at radius 2 is 1.85 bits per heavy atom. The van der Waals surface area contributed by atoms with Gasteiger partial charge >= 0.3 is 0 Å². The SMILES string of the molecule is CC(Nc1ccc(C(=O)N(Cc2ccccc2)Cc2ccco2)cc1[N+](=O)[O-])c1ccccn1. The average molecular weight is 457 g/mol. The van der Waals surface area contributed by atoms with Gasteiger partial charge in [-0.3, -0.25) is 19.9 Å². The smallest absolute Gasteiger partial charge is 0.293 e. The van der Waals surface area contributed by atoms with Gasteiger partial charge in [-0.25, -0.2) is 0 Å². The number of nitrogens with one attached hydrogen (secondary N) is 1. The van der Waals surface area contributed by atoms with Crippen molar-refractivity contribution in [1.29, 1.82) is 0 Å². The van der Waals surface area contributed by atoms with E-state index in [0.29, 0.717) is 18.0 Å². The number of nitro groups is 1. The van der Waals surface area contributed by atoms with Crippen LogP contribution in [-0.4, -0.2) is 20.7 Å². The highest BCUT2D eigenvalue weighted by molar-refractivity contribution is 5.95. The molecule has 34 heavy (non-hydrogen) atoms. The van der Waals surface area contributed by atoms with E-state index in [1.54, 1.807) is 41.6 Å². The Kier molecular flexibility index (Phi) is 6.98. The maximum absolute atomic E-state index is 13.4. The van der Waals surface area contributed by atoms with E-state index >= 15 is 0 Å². The van der Waals surface area contributed by atoms with Crippen molar-refractivity contribution in [3.05, 3.63) is 124 Å². The highest BCUT2D eigenvalue weighted by Crippen LogP contribution is 2.30. The molecule has 172 valence electrons. The molecule has 4 rings (SSSR count). The molecule has 8 heteroatoms. The number of benzene rings is 2. The molecule has 1 atom stereocenters. The molecule has 0 bridgehead atoms. The molecule has 0 fully saturated rings. The van der Waals surface area contributed by atoms with Crippen LogP contribution >= 0.6 is 0 Å². The van der Waals surface area contributed by atoms with E-state index in [-0.39, 0.29) is 29.7 Å². The minimum absolute atomic E-state index is 0.175. The summed E-state index contributed by atoms with van der Waals surface area (Å²) in [6.45, 7) is 2.45. The Bertz CT molecular complexity index is 1240. The Labute approximate surface area is 197 Å². The van der Waals surface area contributed by atoms with Crippen LogP contribution in [0.1, 0.15) is 40.3 Å². The number of carbonyl (C=O) groups is 1. The van der Waals surface area contributed by atoms with Crippen molar-refractivity contribution in [2.75, 3.05) is 5.32 Å². The van der Waals surface area contributed by atoms with Gasteiger partial charge < -0.3 is 14.6 Å². The molecule has 1 amide bonds. The van der Waals surface area contributed by atoms with Crippen molar-refractivity contribution in [2.45, 2.75) is 26.1 Å². The van der Waals surface area contributed by atoms with Gasteiger partial charge in [0, 0.05) is 24.4 Å². The molecular weight excluding hydrogens is 432 g/mol. The summed E-state index contributed by atoms with van der Waals surface area (Å²) in [5.74, 6) is 0.300. The first-order valence-corrected chi connectivity index (χ1v) is 10.8. The number of pyridine rings is 1. The maximum Gasteiger partial charge on any atom is 0.293 e. The number of hydrogen-bond donors (Lipinski definition) is 1. The zero-order valence-corrected chi connectivity index (χ0v) is 18.6. The first-order valence-electron chi connectivity index (χ1n) is 10.8. The van der Waals surface area contributed by atoms with Gasteiger partial charge in [0.2, 0.25) is 0 Å². The number of hydrogen-bond acceptors (Lipinski definition) is 6. The first kappa shape index (κ1) is 22.7. The first-order chi connectivity index (χ1) is 16.5. The van der Waals surface area contributed by atoms with Crippen LogP contribution in [-0.2, 0) is 13.1 Å². The van der Waals surface area contributed by atoms with Crippen molar-refractivity contribution >= 4 is 17.3 Å². The molecule has 0 saturated carbocycles. The molecular formula is C26H24N4O4. The second kappa shape index (κ2) is 10.4. The number of nitro benzene ring substituents is 1. The van der Waals surface area contributed by atoms with Crippen LogP contribution in [0.15, 0.2) is 95.7 Å². The van der Waals surface area contributed by atoms with Crippen molar-refractivity contribution < 1.29 is 14.1 Å². The molecule has 0 spiro atoms. The third-order valence-electron chi connectivity index (χ3n) is 5.38. The van der Waals surface area contributed by atoms with E-state index in [1.807, 2.05) is 55.5 Å². The lowest BCUT2D eigenvalue weighted by Gasteiger charge is -2.22. The lowest BCUT2D eigenvalue weighted by Crippen LogP contribution is -2.30. The summed E-state index contributed by atoms with van der Waals surface area (Å²) in [5, 5.41) is 15.0. The summed E-state index contributed by atoms with van der Waals surface area (Å²) in [7, 11) is 0. The third kappa shape index (κ3) is 5.47. The molecule has 4 aromatic rings. The summed E-state index contributed by atoms with van der Waals surface area (Å²) in [6.07, 6.45) is 3.22. The number of rotatable bonds is 9. The van der Waals surface area contributed by atoms with E-state index in [0.717, 1.165) is 11.3 Å². The number of nitrogens with zero attached hydrogens (tertiary/aromatic N) is 3. The Morgan fingerprint density at radius 1 is 1.06 bits per heavy atom. The van der Waals surface area contributed by atoms with Crippen LogP contribution in [0.3, 0.4) is 0 Å². The predicted molar refractivity (Wildman–Crippen MR) is 128 cm³/mol. The number of furan rings is 1. The zero-order chi connectivity index (χ0) is 23.9. The fraction of sp³-hybridized carbons (Fsp3) is 0.154. The summed E-state index contributed by atoms with van der Waals surface area (Å²) in [5.41, 5.74) is 2.07. The fourth-order valence-corrected chi connectivity index (χ4v) is 3.65. The molecule has 8 nitrogen and oxygen atoms in total. The van der Waals surface area contributed by atoms with Crippen molar-refractivity contribution in [2.24, 2.45) is 0 Å². The predicted octanol–water partition coefficient (Wildman–Crippen LogP) is 5.60. The van der Waals surface area contributed by atoms with Crippen LogP contribution < -0.4 is 5.32 Å². The van der Waals surface area contributed by atoms with Gasteiger partial charge in [0.15, 0.2) is 0 Å². The molecule has 1 unspecified atom stereocenters. The van der Waals surface area contributed by atoms with Gasteiger partial charge in [-0.05, 0) is 48.9 Å². The van der Waals surface area contributed by atoms with Gasteiger partial charge in [-0.2, -0.15) is 0 Å². The summed E-state index contributed by atoms with van der Waals surface area (Å²) in [4.78, 5) is 30.7. The van der Waals surface area contributed by atoms with Crippen molar-refractivity contribution in [3.8, 4) is 0 Å². The molecule has 1 N–H and O–H groups in total. The lowest BCUT2D eigenvalue weighted by molar-refractivity contribution is -0.384. The van der Waals surface area contributed by atoms with E-state index in [4.69, 9.17) is 4.42 Å². The molecule has 0 aliphatic heterocycles. The zero-order valence-electron chi connectivity index (χ0n) is 18.6. The highest BCUT2D eigenvalue weighted by Gasteiger charge is 2.23. The standard InChI is InChI=1S/C26H24N4O4/c1-19(23-11-5-6-14-27-23)28-24-13-12-21(16-25(24)30(32)33)26(31)29(18-22-10-7-15-34-22)17-20-8-3-2-4-9-20/h2-16,19,28H,17-18H2,1H3. The summed E-state index contributed by atoms with van der Waals surface area (Å²) >= 11 is 0. The Morgan fingerprint density at radius 3 is 2.53 bits per heavy atom. The quantitative estimate of drug-likeness (QED) is 0.260. The van der Waals surface area contributed by atoms with Gasteiger partial charge in [-0.15, -0.1) is 0 Å². The second-order valence-electron chi connectivity index (χ2n) is 7.84. The van der Waals surface area contributed by atoms with E-state index < -0.39 is 4.92 Å². The second-order valence-corrected chi connectivity index (χ2v) is 7.84. The topological polar surface area (TPSA) is 102 Å². The van der Waals surface area contributed by atoms with Crippen LogP contribution in [0.2, 0.25) is 0 Å². The highest BCUT2D eigenvalue weighted by atomic mass is 16.6. The van der Waals surface area contributed by atoms with Gasteiger partial charge in [0.05, 0.1) is 29.5 Å². The molecule has 2 heterocycles. The number of carbonyl (C=O) groups excluding carboxylic acids is 1. The van der Waals surface area contributed by atoms with Gasteiger partial charge in [0.25, 0.3) is 11.6 Å². The maximum atomic E-state index is 13.4. The van der Waals surface area contributed by atoms with E-state index in [1.165, 1.54) is 6.07 Å². The van der Waals surface area contributed by atoms with Crippen LogP contribution in [0, 0.1) is 10.1 Å². The number of amides is 1. The number of anilines is 1. The minimum Gasteiger partial charge on any atom is -0.467 e. The Hall–Kier alpha value is -4.46.